The minimum Gasteiger partial charge on any atom is -0.459 e. The van der Waals surface area contributed by atoms with Crippen LogP contribution < -0.4 is 5.73 Å². The van der Waals surface area contributed by atoms with E-state index in [9.17, 15) is 4.79 Å². The molecule has 4 heteroatoms. The van der Waals surface area contributed by atoms with Crippen molar-refractivity contribution in [1.82, 2.24) is 0 Å². The molecule has 0 bridgehead atoms. The van der Waals surface area contributed by atoms with E-state index in [0.717, 1.165) is 32.1 Å². The normalized spacial score (nSPS) is 26.7. The van der Waals surface area contributed by atoms with Crippen LogP contribution in [0.25, 0.3) is 0 Å². The molecular weight excluding hydrogens is 230 g/mol. The predicted molar refractivity (Wildman–Crippen MR) is 71.2 cm³/mol. The van der Waals surface area contributed by atoms with E-state index in [1.165, 1.54) is 0 Å². The summed E-state index contributed by atoms with van der Waals surface area (Å²) >= 11 is 0. The number of esters is 1. The first-order valence-corrected chi connectivity index (χ1v) is 6.83. The first-order valence-electron chi connectivity index (χ1n) is 6.83. The van der Waals surface area contributed by atoms with Gasteiger partial charge in [0.05, 0.1) is 6.10 Å². The molecule has 1 aliphatic rings. The zero-order chi connectivity index (χ0) is 13.8. The second-order valence-electron chi connectivity index (χ2n) is 6.25. The third-order valence-electron chi connectivity index (χ3n) is 3.42. The van der Waals surface area contributed by atoms with Crippen LogP contribution in [0.3, 0.4) is 0 Å². The van der Waals surface area contributed by atoms with Crippen molar-refractivity contribution in [3.63, 3.8) is 0 Å². The number of carbonyl (C=O) groups is 1. The molecule has 0 heterocycles. The van der Waals surface area contributed by atoms with Gasteiger partial charge in [0.1, 0.15) is 11.6 Å². The van der Waals surface area contributed by atoms with Gasteiger partial charge < -0.3 is 15.2 Å². The lowest BCUT2D eigenvalue weighted by Gasteiger charge is -2.29. The molecule has 0 aromatic heterocycles. The summed E-state index contributed by atoms with van der Waals surface area (Å²) in [6.07, 6.45) is 5.44. The molecule has 0 radical (unpaired) electrons. The molecule has 1 saturated carbocycles. The average Bonchev–Trinajstić information content (AvgIpc) is 2.27. The van der Waals surface area contributed by atoms with E-state index in [-0.39, 0.29) is 5.97 Å². The Hall–Kier alpha value is -0.610. The fraction of sp³-hybridized carbons (Fsp3) is 0.929. The van der Waals surface area contributed by atoms with Crippen molar-refractivity contribution in [3.8, 4) is 0 Å². The molecule has 0 spiro atoms. The van der Waals surface area contributed by atoms with E-state index in [1.807, 2.05) is 20.8 Å². The molecule has 4 nitrogen and oxygen atoms in total. The second kappa shape index (κ2) is 6.53. The molecule has 1 unspecified atom stereocenters. The van der Waals surface area contributed by atoms with E-state index in [1.54, 1.807) is 7.11 Å². The minimum absolute atomic E-state index is 0.281. The zero-order valence-electron chi connectivity index (χ0n) is 12.1. The Kier molecular flexibility index (Phi) is 5.60. The van der Waals surface area contributed by atoms with Crippen LogP contribution in [0.2, 0.25) is 0 Å². The summed E-state index contributed by atoms with van der Waals surface area (Å²) < 4.78 is 10.6. The summed E-state index contributed by atoms with van der Waals surface area (Å²) in [5, 5.41) is 0. The smallest absolute Gasteiger partial charge is 0.323 e. The highest BCUT2D eigenvalue weighted by atomic mass is 16.6. The first-order chi connectivity index (χ1) is 8.31. The van der Waals surface area contributed by atoms with Gasteiger partial charge >= 0.3 is 5.97 Å². The second-order valence-corrected chi connectivity index (χ2v) is 6.25. The number of methoxy groups -OCH3 is 1. The van der Waals surface area contributed by atoms with Crippen molar-refractivity contribution in [2.24, 2.45) is 11.7 Å². The lowest BCUT2D eigenvalue weighted by atomic mass is 9.83. The van der Waals surface area contributed by atoms with E-state index in [0.29, 0.717) is 12.0 Å². The Morgan fingerprint density at radius 2 is 1.83 bits per heavy atom. The van der Waals surface area contributed by atoms with E-state index >= 15 is 0 Å². The number of hydrogen-bond donors (Lipinski definition) is 1. The summed E-state index contributed by atoms with van der Waals surface area (Å²) in [5.74, 6) is 0.246. The third kappa shape index (κ3) is 5.36. The molecule has 2 N–H and O–H groups in total. The maximum atomic E-state index is 11.8. The van der Waals surface area contributed by atoms with Crippen LogP contribution >= 0.6 is 0 Å². The Bertz CT molecular complexity index is 265. The lowest BCUT2D eigenvalue weighted by molar-refractivity contribution is -0.157. The fourth-order valence-corrected chi connectivity index (χ4v) is 2.44. The predicted octanol–water partition coefficient (Wildman–Crippen LogP) is 2.25. The summed E-state index contributed by atoms with van der Waals surface area (Å²) in [6.45, 7) is 5.59. The van der Waals surface area contributed by atoms with Crippen molar-refractivity contribution < 1.29 is 14.3 Å². The maximum absolute atomic E-state index is 11.8. The van der Waals surface area contributed by atoms with Crippen molar-refractivity contribution in [3.05, 3.63) is 0 Å². The van der Waals surface area contributed by atoms with Crippen LogP contribution in [0, 0.1) is 5.92 Å². The molecule has 0 saturated heterocycles. The Labute approximate surface area is 110 Å². The third-order valence-corrected chi connectivity index (χ3v) is 3.42. The molecule has 0 aromatic rings. The van der Waals surface area contributed by atoms with Crippen LogP contribution in [0.4, 0.5) is 0 Å². The molecular formula is C14H27NO3. The zero-order valence-corrected chi connectivity index (χ0v) is 12.1. The van der Waals surface area contributed by atoms with Crippen LogP contribution in [0.5, 0.6) is 0 Å². The van der Waals surface area contributed by atoms with Gasteiger partial charge in [-0.15, -0.1) is 0 Å². The van der Waals surface area contributed by atoms with E-state index in [4.69, 9.17) is 15.2 Å². The fourth-order valence-electron chi connectivity index (χ4n) is 2.44. The Morgan fingerprint density at radius 1 is 1.28 bits per heavy atom. The van der Waals surface area contributed by atoms with Crippen molar-refractivity contribution in [2.45, 2.75) is 70.6 Å². The van der Waals surface area contributed by atoms with Gasteiger partial charge in [-0.1, -0.05) is 0 Å². The highest BCUT2D eigenvalue weighted by Crippen LogP contribution is 2.29. The van der Waals surface area contributed by atoms with Gasteiger partial charge in [0.15, 0.2) is 0 Å². The number of carbonyl (C=O) groups excluding carboxylic acids is 1. The van der Waals surface area contributed by atoms with Gasteiger partial charge in [-0.2, -0.15) is 0 Å². The van der Waals surface area contributed by atoms with Gasteiger partial charge in [0.25, 0.3) is 0 Å². The highest BCUT2D eigenvalue weighted by molar-refractivity contribution is 5.75. The maximum Gasteiger partial charge on any atom is 0.323 e. The quantitative estimate of drug-likeness (QED) is 0.785. The number of hydrogen-bond acceptors (Lipinski definition) is 4. The van der Waals surface area contributed by atoms with Crippen LogP contribution in [-0.4, -0.2) is 30.8 Å². The summed E-state index contributed by atoms with van der Waals surface area (Å²) in [5.41, 5.74) is 5.46. The number of nitrogens with two attached hydrogens (primary N) is 1. The molecule has 0 amide bonds. The highest BCUT2D eigenvalue weighted by Gasteiger charge is 2.27. The van der Waals surface area contributed by atoms with Crippen LogP contribution in [0.15, 0.2) is 0 Å². The van der Waals surface area contributed by atoms with Crippen LogP contribution in [0.1, 0.15) is 52.9 Å². The number of ether oxygens (including phenoxy) is 2. The molecule has 1 aliphatic carbocycles. The van der Waals surface area contributed by atoms with Gasteiger partial charge in [-0.05, 0) is 58.8 Å². The van der Waals surface area contributed by atoms with E-state index < -0.39 is 11.6 Å². The first kappa shape index (κ1) is 15.4. The van der Waals surface area contributed by atoms with Gasteiger partial charge in [-0.25, -0.2) is 0 Å². The monoisotopic (exact) mass is 257 g/mol. The number of rotatable bonds is 4. The molecule has 1 atom stereocenters. The average molecular weight is 257 g/mol. The Morgan fingerprint density at radius 3 is 2.28 bits per heavy atom. The molecule has 0 aromatic carbocycles. The van der Waals surface area contributed by atoms with Crippen molar-refractivity contribution in [1.29, 1.82) is 0 Å². The molecule has 106 valence electrons. The van der Waals surface area contributed by atoms with Gasteiger partial charge in [0.2, 0.25) is 0 Å². The Balaban J connectivity index is 2.32. The topological polar surface area (TPSA) is 61.5 Å². The molecule has 18 heavy (non-hydrogen) atoms. The molecule has 1 fully saturated rings. The summed E-state index contributed by atoms with van der Waals surface area (Å²) in [6, 6.07) is -0.492. The van der Waals surface area contributed by atoms with Crippen molar-refractivity contribution >= 4 is 5.97 Å². The largest absolute Gasteiger partial charge is 0.459 e. The summed E-state index contributed by atoms with van der Waals surface area (Å²) in [4.78, 5) is 11.8. The lowest BCUT2D eigenvalue weighted by Crippen LogP contribution is -2.39. The minimum atomic E-state index is -0.492. The van der Waals surface area contributed by atoms with Crippen molar-refractivity contribution in [2.75, 3.05) is 7.11 Å². The van der Waals surface area contributed by atoms with E-state index in [2.05, 4.69) is 0 Å². The standard InChI is InChI=1S/C14H27NO3/c1-14(2,3)18-13(16)12(15)9-10-5-7-11(17-4)8-6-10/h10-12H,5-9,15H2,1-4H3/t10-,11-,12?. The van der Waals surface area contributed by atoms with Gasteiger partial charge in [-0.3, -0.25) is 4.79 Å². The SMILES string of the molecule is CO[C@H]1CC[C@H](CC(N)C(=O)OC(C)(C)C)CC1. The summed E-state index contributed by atoms with van der Waals surface area (Å²) in [7, 11) is 1.76. The van der Waals surface area contributed by atoms with Gasteiger partial charge in [0, 0.05) is 7.11 Å². The van der Waals surface area contributed by atoms with Crippen LogP contribution in [-0.2, 0) is 14.3 Å². The molecule has 0 aliphatic heterocycles. The molecule has 1 rings (SSSR count).